The molecule has 0 radical (unpaired) electrons. The lowest BCUT2D eigenvalue weighted by Crippen LogP contribution is -2.35. The molecule has 0 atom stereocenters. The van der Waals surface area contributed by atoms with Gasteiger partial charge in [0, 0.05) is 37.6 Å². The van der Waals surface area contributed by atoms with Crippen molar-refractivity contribution in [3.8, 4) is 17.1 Å². The molecular weight excluding hydrogens is 354 g/mol. The zero-order valence-electron chi connectivity index (χ0n) is 15.6. The Morgan fingerprint density at radius 2 is 1.89 bits per heavy atom. The number of pyridine rings is 1. The van der Waals surface area contributed by atoms with Gasteiger partial charge < -0.3 is 15.2 Å². The maximum absolute atomic E-state index is 5.96. The molecule has 0 saturated carbocycles. The molecule has 1 aliphatic heterocycles. The Morgan fingerprint density at radius 3 is 2.71 bits per heavy atom. The maximum atomic E-state index is 5.96. The summed E-state index contributed by atoms with van der Waals surface area (Å²) in [6.07, 6.45) is 5.14. The number of benzene rings is 1. The lowest BCUT2D eigenvalue weighted by atomic mass is 10.1. The summed E-state index contributed by atoms with van der Waals surface area (Å²) in [5, 5.41) is 0. The zero-order valence-corrected chi connectivity index (χ0v) is 15.6. The van der Waals surface area contributed by atoms with E-state index in [1.54, 1.807) is 18.6 Å². The Balaban J connectivity index is 1.50. The summed E-state index contributed by atoms with van der Waals surface area (Å²) in [6.45, 7) is 4.76. The molecule has 0 amide bonds. The van der Waals surface area contributed by atoms with Gasteiger partial charge in [-0.1, -0.05) is 18.2 Å². The fourth-order valence-corrected chi connectivity index (χ4v) is 3.10. The Bertz CT molecular complexity index is 914. The minimum Gasteiger partial charge on any atom is -0.470 e. The highest BCUT2D eigenvalue weighted by Crippen LogP contribution is 2.24. The molecule has 4 rings (SSSR count). The van der Waals surface area contributed by atoms with E-state index in [0.717, 1.165) is 49.7 Å². The monoisotopic (exact) mass is 377 g/mol. The van der Waals surface area contributed by atoms with Gasteiger partial charge in [0.05, 0.1) is 25.1 Å². The average Bonchev–Trinajstić information content (AvgIpc) is 2.75. The summed E-state index contributed by atoms with van der Waals surface area (Å²) in [5.74, 6) is 0.621. The molecule has 2 aromatic heterocycles. The molecule has 1 aromatic carbocycles. The third-order valence-corrected chi connectivity index (χ3v) is 4.62. The van der Waals surface area contributed by atoms with Crippen molar-refractivity contribution in [3.05, 3.63) is 66.1 Å². The molecule has 0 spiro atoms. The summed E-state index contributed by atoms with van der Waals surface area (Å²) in [7, 11) is 0. The van der Waals surface area contributed by atoms with Crippen LogP contribution in [-0.4, -0.2) is 46.2 Å². The summed E-state index contributed by atoms with van der Waals surface area (Å²) >= 11 is 0. The Labute approximate surface area is 164 Å². The molecule has 1 aliphatic rings. The molecule has 1 fully saturated rings. The second-order valence-corrected chi connectivity index (χ2v) is 6.68. The summed E-state index contributed by atoms with van der Waals surface area (Å²) in [6, 6.07) is 12.1. The van der Waals surface area contributed by atoms with Crippen molar-refractivity contribution in [3.63, 3.8) is 0 Å². The average molecular weight is 377 g/mol. The molecule has 3 aromatic rings. The highest BCUT2D eigenvalue weighted by molar-refractivity contribution is 5.61. The zero-order chi connectivity index (χ0) is 19.2. The van der Waals surface area contributed by atoms with Crippen molar-refractivity contribution in [2.45, 2.75) is 13.2 Å². The van der Waals surface area contributed by atoms with Crippen LogP contribution in [-0.2, 0) is 17.9 Å². The molecule has 0 aliphatic carbocycles. The Kier molecular flexibility index (Phi) is 5.75. The van der Waals surface area contributed by atoms with Crippen LogP contribution < -0.4 is 10.5 Å². The standard InChI is InChI=1S/C21H23N5O2/c22-20-21(28-15-16-4-6-23-7-5-16)25-19(13-24-20)18-3-1-2-17(12-18)14-26-8-10-27-11-9-26/h1-7,12-13H,8-11,14-15H2,(H2,22,24). The first-order chi connectivity index (χ1) is 13.8. The molecule has 3 heterocycles. The third-order valence-electron chi connectivity index (χ3n) is 4.62. The number of morpholine rings is 1. The summed E-state index contributed by atoms with van der Waals surface area (Å²) < 4.78 is 11.2. The number of nitrogens with zero attached hydrogens (tertiary/aromatic N) is 4. The number of ether oxygens (including phenoxy) is 2. The van der Waals surface area contributed by atoms with E-state index in [0.29, 0.717) is 12.5 Å². The van der Waals surface area contributed by atoms with E-state index in [4.69, 9.17) is 15.2 Å². The Morgan fingerprint density at radius 1 is 1.07 bits per heavy atom. The van der Waals surface area contributed by atoms with Gasteiger partial charge in [-0.15, -0.1) is 0 Å². The van der Waals surface area contributed by atoms with Crippen LogP contribution in [0.5, 0.6) is 5.88 Å². The van der Waals surface area contributed by atoms with E-state index < -0.39 is 0 Å². The van der Waals surface area contributed by atoms with Crippen LogP contribution in [0.1, 0.15) is 11.1 Å². The van der Waals surface area contributed by atoms with Crippen molar-refractivity contribution in [2.75, 3.05) is 32.0 Å². The minimum absolute atomic E-state index is 0.280. The number of rotatable bonds is 6. The van der Waals surface area contributed by atoms with Gasteiger partial charge >= 0.3 is 0 Å². The van der Waals surface area contributed by atoms with Crippen molar-refractivity contribution < 1.29 is 9.47 Å². The fourth-order valence-electron chi connectivity index (χ4n) is 3.10. The maximum Gasteiger partial charge on any atom is 0.258 e. The summed E-state index contributed by atoms with van der Waals surface area (Å²) in [5.41, 5.74) is 9.92. The van der Waals surface area contributed by atoms with Crippen LogP contribution in [0.3, 0.4) is 0 Å². The predicted octanol–water partition coefficient (Wildman–Crippen LogP) is 2.53. The van der Waals surface area contributed by atoms with Gasteiger partial charge in [0.2, 0.25) is 0 Å². The van der Waals surface area contributed by atoms with Gasteiger partial charge in [0.1, 0.15) is 6.61 Å². The number of anilines is 1. The highest BCUT2D eigenvalue weighted by Gasteiger charge is 2.12. The SMILES string of the molecule is Nc1ncc(-c2cccc(CN3CCOCC3)c2)nc1OCc1ccncc1. The first kappa shape index (κ1) is 18.3. The third kappa shape index (κ3) is 4.62. The van der Waals surface area contributed by atoms with Gasteiger partial charge in [-0.3, -0.25) is 9.88 Å². The smallest absolute Gasteiger partial charge is 0.258 e. The number of aromatic nitrogens is 3. The van der Waals surface area contributed by atoms with Crippen molar-refractivity contribution in [1.82, 2.24) is 19.9 Å². The second-order valence-electron chi connectivity index (χ2n) is 6.68. The molecule has 2 N–H and O–H groups in total. The van der Waals surface area contributed by atoms with Crippen LogP contribution >= 0.6 is 0 Å². The number of nitrogen functional groups attached to an aromatic ring is 1. The number of hydrogen-bond acceptors (Lipinski definition) is 7. The van der Waals surface area contributed by atoms with Crippen LogP contribution in [0.25, 0.3) is 11.3 Å². The molecule has 0 bridgehead atoms. The molecule has 0 unspecified atom stereocenters. The molecule has 144 valence electrons. The van der Waals surface area contributed by atoms with E-state index in [2.05, 4.69) is 32.0 Å². The quantitative estimate of drug-likeness (QED) is 0.706. The van der Waals surface area contributed by atoms with Gasteiger partial charge in [0.25, 0.3) is 5.88 Å². The summed E-state index contributed by atoms with van der Waals surface area (Å²) in [4.78, 5) is 15.2. The van der Waals surface area contributed by atoms with Crippen LogP contribution in [0.2, 0.25) is 0 Å². The molecular formula is C21H23N5O2. The fraction of sp³-hybridized carbons (Fsp3) is 0.286. The molecule has 7 heteroatoms. The topological polar surface area (TPSA) is 86.4 Å². The van der Waals surface area contributed by atoms with Crippen LogP contribution in [0.4, 0.5) is 5.82 Å². The van der Waals surface area contributed by atoms with Gasteiger partial charge in [-0.25, -0.2) is 9.97 Å². The van der Waals surface area contributed by atoms with Crippen LogP contribution in [0, 0.1) is 0 Å². The van der Waals surface area contributed by atoms with Gasteiger partial charge in [-0.2, -0.15) is 0 Å². The number of hydrogen-bond donors (Lipinski definition) is 1. The number of nitrogens with two attached hydrogens (primary N) is 1. The largest absolute Gasteiger partial charge is 0.470 e. The van der Waals surface area contributed by atoms with E-state index in [1.165, 1.54) is 5.56 Å². The molecule has 7 nitrogen and oxygen atoms in total. The van der Waals surface area contributed by atoms with E-state index >= 15 is 0 Å². The normalized spacial score (nSPS) is 14.7. The second kappa shape index (κ2) is 8.77. The predicted molar refractivity (Wildman–Crippen MR) is 107 cm³/mol. The van der Waals surface area contributed by atoms with E-state index in [1.807, 2.05) is 24.3 Å². The van der Waals surface area contributed by atoms with Crippen LogP contribution in [0.15, 0.2) is 55.0 Å². The Hall–Kier alpha value is -3.03. The van der Waals surface area contributed by atoms with E-state index in [9.17, 15) is 0 Å². The van der Waals surface area contributed by atoms with E-state index in [-0.39, 0.29) is 5.82 Å². The lowest BCUT2D eigenvalue weighted by Gasteiger charge is -2.26. The van der Waals surface area contributed by atoms with Gasteiger partial charge in [0.15, 0.2) is 5.82 Å². The minimum atomic E-state index is 0.280. The first-order valence-electron chi connectivity index (χ1n) is 9.31. The molecule has 28 heavy (non-hydrogen) atoms. The lowest BCUT2D eigenvalue weighted by molar-refractivity contribution is 0.0342. The van der Waals surface area contributed by atoms with Crippen molar-refractivity contribution in [1.29, 1.82) is 0 Å². The molecule has 1 saturated heterocycles. The van der Waals surface area contributed by atoms with Crippen molar-refractivity contribution >= 4 is 5.82 Å². The highest BCUT2D eigenvalue weighted by atomic mass is 16.5. The van der Waals surface area contributed by atoms with Crippen molar-refractivity contribution in [2.24, 2.45) is 0 Å². The first-order valence-corrected chi connectivity index (χ1v) is 9.31. The van der Waals surface area contributed by atoms with Gasteiger partial charge in [-0.05, 0) is 29.3 Å².